The average Bonchev–Trinajstić information content (AvgIpc) is 3.11. The molecule has 0 aliphatic rings. The van der Waals surface area contributed by atoms with Gasteiger partial charge >= 0.3 is 5.97 Å². The van der Waals surface area contributed by atoms with Crippen LogP contribution in [0.4, 0.5) is 5.69 Å². The van der Waals surface area contributed by atoms with Gasteiger partial charge in [-0.25, -0.2) is 4.79 Å². The fourth-order valence-electron chi connectivity index (χ4n) is 3.02. The van der Waals surface area contributed by atoms with Crippen LogP contribution in [0.5, 0.6) is 0 Å². The van der Waals surface area contributed by atoms with Gasteiger partial charge in [-0.2, -0.15) is 5.10 Å². The lowest BCUT2D eigenvalue weighted by Crippen LogP contribution is -2.21. The lowest BCUT2D eigenvalue weighted by Gasteiger charge is -2.18. The summed E-state index contributed by atoms with van der Waals surface area (Å²) in [5.41, 5.74) is 3.98. The Labute approximate surface area is 173 Å². The molecule has 0 fully saturated rings. The molecule has 0 saturated heterocycles. The van der Waals surface area contributed by atoms with Crippen LogP contribution in [0.15, 0.2) is 36.7 Å². The molecular weight excluding hydrogens is 399 g/mol. The van der Waals surface area contributed by atoms with Crippen molar-refractivity contribution >= 4 is 34.9 Å². The molecule has 2 heterocycles. The predicted molar refractivity (Wildman–Crippen MR) is 112 cm³/mol. The quantitative estimate of drug-likeness (QED) is 0.571. The summed E-state index contributed by atoms with van der Waals surface area (Å²) in [6.45, 7) is 6.11. The number of aromatic nitrogens is 3. The number of carbonyl (C=O) groups is 1. The fourth-order valence-corrected chi connectivity index (χ4v) is 3.39. The normalized spacial score (nSPS) is 12.0. The van der Waals surface area contributed by atoms with Gasteiger partial charge in [-0.15, -0.1) is 0 Å². The topological polar surface area (TPSA) is 80.0 Å². The molecule has 0 amide bonds. The van der Waals surface area contributed by atoms with E-state index in [0.29, 0.717) is 22.2 Å². The summed E-state index contributed by atoms with van der Waals surface area (Å²) in [6.07, 6.45) is 3.24. The maximum Gasteiger partial charge on any atom is 0.354 e. The molecule has 28 heavy (non-hydrogen) atoms. The van der Waals surface area contributed by atoms with Crippen LogP contribution in [-0.2, 0) is 0 Å². The van der Waals surface area contributed by atoms with E-state index in [1.54, 1.807) is 24.5 Å². The molecule has 2 N–H and O–H groups in total. The largest absolute Gasteiger partial charge is 0.477 e. The van der Waals surface area contributed by atoms with Gasteiger partial charge in [-0.1, -0.05) is 23.2 Å². The Morgan fingerprint density at radius 1 is 1.29 bits per heavy atom. The van der Waals surface area contributed by atoms with E-state index < -0.39 is 5.97 Å². The summed E-state index contributed by atoms with van der Waals surface area (Å²) in [5.74, 6) is -1.03. The van der Waals surface area contributed by atoms with Gasteiger partial charge in [-0.05, 0) is 56.2 Å². The first-order chi connectivity index (χ1) is 13.3. The molecule has 0 saturated carbocycles. The maximum atomic E-state index is 11.9. The lowest BCUT2D eigenvalue weighted by atomic mass is 10.1. The van der Waals surface area contributed by atoms with Crippen molar-refractivity contribution in [1.29, 1.82) is 0 Å². The van der Waals surface area contributed by atoms with Crippen LogP contribution in [0.25, 0.3) is 11.1 Å². The third kappa shape index (κ3) is 3.98. The van der Waals surface area contributed by atoms with Crippen molar-refractivity contribution in [3.63, 3.8) is 0 Å². The Kier molecular flexibility index (Phi) is 5.91. The molecule has 3 aromatic rings. The Balaban J connectivity index is 1.87. The molecule has 1 atom stereocenters. The summed E-state index contributed by atoms with van der Waals surface area (Å²) in [5, 5.41) is 18.4. The molecule has 1 aromatic carbocycles. The second kappa shape index (κ2) is 8.20. The standard InChI is InChI=1S/C20H20Cl2N4O2/c1-11-8-14(6-7-23-11)15-10-25-26(19(15)20(27)28)12(2)9-24-17-5-4-16(21)18(22)13(17)3/h4-8,10,12,24H,9H2,1-3H3,(H,27,28)/t12-/m0/s1. The molecule has 146 valence electrons. The minimum atomic E-state index is -1.03. The third-order valence-electron chi connectivity index (χ3n) is 4.55. The van der Waals surface area contributed by atoms with Crippen LogP contribution >= 0.6 is 23.2 Å². The Bertz CT molecular complexity index is 1030. The second-order valence-electron chi connectivity index (χ2n) is 6.61. The van der Waals surface area contributed by atoms with Gasteiger partial charge in [0, 0.05) is 29.7 Å². The van der Waals surface area contributed by atoms with Crippen LogP contribution in [0, 0.1) is 13.8 Å². The molecule has 0 unspecified atom stereocenters. The van der Waals surface area contributed by atoms with E-state index in [0.717, 1.165) is 22.5 Å². The molecule has 3 rings (SSSR count). The van der Waals surface area contributed by atoms with Gasteiger partial charge in [0.25, 0.3) is 0 Å². The number of hydrogen-bond acceptors (Lipinski definition) is 4. The molecule has 0 bridgehead atoms. The molecule has 0 aliphatic carbocycles. The molecule has 2 aromatic heterocycles. The van der Waals surface area contributed by atoms with Crippen LogP contribution in [0.3, 0.4) is 0 Å². The molecule has 0 radical (unpaired) electrons. The van der Waals surface area contributed by atoms with Crippen molar-refractivity contribution in [2.24, 2.45) is 0 Å². The summed E-state index contributed by atoms with van der Waals surface area (Å²) in [6, 6.07) is 6.99. The molecule has 0 spiro atoms. The zero-order valence-corrected chi connectivity index (χ0v) is 17.2. The zero-order chi connectivity index (χ0) is 20.4. The first-order valence-corrected chi connectivity index (χ1v) is 9.47. The number of pyridine rings is 1. The van der Waals surface area contributed by atoms with Crippen molar-refractivity contribution in [3.8, 4) is 11.1 Å². The van der Waals surface area contributed by atoms with E-state index in [1.165, 1.54) is 4.68 Å². The lowest BCUT2D eigenvalue weighted by molar-refractivity contribution is 0.0682. The van der Waals surface area contributed by atoms with Gasteiger partial charge in [0.2, 0.25) is 0 Å². The van der Waals surface area contributed by atoms with Crippen LogP contribution < -0.4 is 5.32 Å². The van der Waals surface area contributed by atoms with Crippen LogP contribution in [0.1, 0.15) is 34.7 Å². The fraction of sp³-hybridized carbons (Fsp3) is 0.250. The Morgan fingerprint density at radius 3 is 2.71 bits per heavy atom. The summed E-state index contributed by atoms with van der Waals surface area (Å²) >= 11 is 12.2. The summed E-state index contributed by atoms with van der Waals surface area (Å²) in [7, 11) is 0. The minimum absolute atomic E-state index is 0.144. The highest BCUT2D eigenvalue weighted by Gasteiger charge is 2.22. The Hall–Kier alpha value is -2.57. The number of rotatable bonds is 6. The average molecular weight is 419 g/mol. The number of hydrogen-bond donors (Lipinski definition) is 2. The second-order valence-corrected chi connectivity index (χ2v) is 7.39. The van der Waals surface area contributed by atoms with E-state index in [4.69, 9.17) is 23.2 Å². The van der Waals surface area contributed by atoms with Gasteiger partial charge in [0.15, 0.2) is 5.69 Å². The van der Waals surface area contributed by atoms with E-state index in [2.05, 4.69) is 15.4 Å². The summed E-state index contributed by atoms with van der Waals surface area (Å²) < 4.78 is 1.52. The first-order valence-electron chi connectivity index (χ1n) is 8.72. The minimum Gasteiger partial charge on any atom is -0.477 e. The number of nitrogens with one attached hydrogen (secondary N) is 1. The molecule has 0 aliphatic heterocycles. The number of carboxylic acids is 1. The SMILES string of the molecule is Cc1cc(-c2cnn([C@@H](C)CNc3ccc(Cl)c(Cl)c3C)c2C(=O)O)ccn1. The number of halogens is 2. The number of aromatic carboxylic acids is 1. The number of anilines is 1. The first kappa shape index (κ1) is 20.2. The number of carboxylic acid groups (broad SMARTS) is 1. The third-order valence-corrected chi connectivity index (χ3v) is 5.45. The highest BCUT2D eigenvalue weighted by molar-refractivity contribution is 6.42. The number of nitrogens with zero attached hydrogens (tertiary/aromatic N) is 3. The van der Waals surface area contributed by atoms with Gasteiger partial charge in [-0.3, -0.25) is 9.67 Å². The van der Waals surface area contributed by atoms with Gasteiger partial charge in [0.05, 0.1) is 22.3 Å². The monoisotopic (exact) mass is 418 g/mol. The highest BCUT2D eigenvalue weighted by atomic mass is 35.5. The number of benzene rings is 1. The van der Waals surface area contributed by atoms with Crippen molar-refractivity contribution in [2.45, 2.75) is 26.8 Å². The van der Waals surface area contributed by atoms with Crippen LogP contribution in [0.2, 0.25) is 10.0 Å². The smallest absolute Gasteiger partial charge is 0.354 e. The van der Waals surface area contributed by atoms with Crippen molar-refractivity contribution < 1.29 is 9.90 Å². The van der Waals surface area contributed by atoms with E-state index in [1.807, 2.05) is 32.9 Å². The predicted octanol–water partition coefficient (Wildman–Crippen LogP) is 5.24. The van der Waals surface area contributed by atoms with Gasteiger partial charge in [0.1, 0.15) is 0 Å². The van der Waals surface area contributed by atoms with E-state index in [9.17, 15) is 9.90 Å². The number of aryl methyl sites for hydroxylation is 1. The molecule has 6 nitrogen and oxygen atoms in total. The van der Waals surface area contributed by atoms with Crippen molar-refractivity contribution in [2.75, 3.05) is 11.9 Å². The van der Waals surface area contributed by atoms with Crippen molar-refractivity contribution in [1.82, 2.24) is 14.8 Å². The van der Waals surface area contributed by atoms with E-state index in [-0.39, 0.29) is 11.7 Å². The molecular formula is C20H20Cl2N4O2. The van der Waals surface area contributed by atoms with Crippen LogP contribution in [-0.4, -0.2) is 32.4 Å². The molecule has 8 heteroatoms. The van der Waals surface area contributed by atoms with E-state index >= 15 is 0 Å². The zero-order valence-electron chi connectivity index (χ0n) is 15.7. The van der Waals surface area contributed by atoms with Gasteiger partial charge < -0.3 is 10.4 Å². The summed E-state index contributed by atoms with van der Waals surface area (Å²) in [4.78, 5) is 16.1. The van der Waals surface area contributed by atoms with Crippen molar-refractivity contribution in [3.05, 3.63) is 63.7 Å². The maximum absolute atomic E-state index is 11.9. The Morgan fingerprint density at radius 2 is 2.04 bits per heavy atom. The highest BCUT2D eigenvalue weighted by Crippen LogP contribution is 2.31.